The summed E-state index contributed by atoms with van der Waals surface area (Å²) in [7, 11) is -3.61. The molecule has 1 aliphatic carbocycles. The second kappa shape index (κ2) is 5.35. The largest absolute Gasteiger partial charge is 0.398 e. The molecule has 1 aliphatic rings. The first-order valence-electron chi connectivity index (χ1n) is 6.77. The van der Waals surface area contributed by atoms with Gasteiger partial charge in [0.1, 0.15) is 4.90 Å². The van der Waals surface area contributed by atoms with Gasteiger partial charge in [0.2, 0.25) is 10.0 Å². The maximum Gasteiger partial charge on any atom is 0.242 e. The lowest BCUT2D eigenvalue weighted by molar-refractivity contribution is 0.249. The van der Waals surface area contributed by atoms with Crippen LogP contribution in [0.4, 0.5) is 5.69 Å². The molecule has 4 N–H and O–H groups in total. The van der Waals surface area contributed by atoms with Crippen LogP contribution in [-0.4, -0.2) is 26.7 Å². The summed E-state index contributed by atoms with van der Waals surface area (Å²) in [5.41, 5.74) is 7.62. The van der Waals surface area contributed by atoms with E-state index in [4.69, 9.17) is 10.8 Å². The van der Waals surface area contributed by atoms with E-state index >= 15 is 0 Å². The zero-order valence-corrected chi connectivity index (χ0v) is 12.8. The molecule has 0 bridgehead atoms. The number of anilines is 1. The van der Waals surface area contributed by atoms with Gasteiger partial charge >= 0.3 is 0 Å². The standard InChI is InChI=1S/C14H22N2O3S/c1-10-3-4-12(15)13(11(10)2)20(18,19)16-9-14(5-6-14)7-8-17/h3-4,16-17H,5-9,15H2,1-2H3. The van der Waals surface area contributed by atoms with Crippen molar-refractivity contribution in [1.82, 2.24) is 4.72 Å². The number of aliphatic hydroxyl groups is 1. The number of nitrogens with two attached hydrogens (primary N) is 1. The third kappa shape index (κ3) is 2.97. The van der Waals surface area contributed by atoms with E-state index in [2.05, 4.69) is 4.72 Å². The zero-order valence-electron chi connectivity index (χ0n) is 11.9. The quantitative estimate of drug-likeness (QED) is 0.691. The Labute approximate surface area is 120 Å². The van der Waals surface area contributed by atoms with Crippen molar-refractivity contribution in [3.8, 4) is 0 Å². The van der Waals surface area contributed by atoms with Gasteiger partial charge in [-0.05, 0) is 55.7 Å². The molecule has 5 nitrogen and oxygen atoms in total. The van der Waals surface area contributed by atoms with E-state index in [9.17, 15) is 8.42 Å². The first kappa shape index (κ1) is 15.3. The minimum Gasteiger partial charge on any atom is -0.398 e. The molecule has 0 unspecified atom stereocenters. The van der Waals surface area contributed by atoms with Gasteiger partial charge in [0.15, 0.2) is 0 Å². The summed E-state index contributed by atoms with van der Waals surface area (Å²) in [5.74, 6) is 0. The van der Waals surface area contributed by atoms with Gasteiger partial charge in [-0.25, -0.2) is 13.1 Å². The number of rotatable bonds is 6. The molecule has 0 heterocycles. The zero-order chi connectivity index (χ0) is 15.0. The third-order valence-corrected chi connectivity index (χ3v) is 5.82. The van der Waals surface area contributed by atoms with E-state index in [1.165, 1.54) is 0 Å². The molecule has 0 radical (unpaired) electrons. The minimum absolute atomic E-state index is 0.0612. The Morgan fingerprint density at radius 2 is 2.00 bits per heavy atom. The minimum atomic E-state index is -3.61. The lowest BCUT2D eigenvalue weighted by Crippen LogP contribution is -2.31. The van der Waals surface area contributed by atoms with Gasteiger partial charge in [0.05, 0.1) is 5.69 Å². The molecule has 20 heavy (non-hydrogen) atoms. The number of benzene rings is 1. The average molecular weight is 298 g/mol. The van der Waals surface area contributed by atoms with Crippen LogP contribution < -0.4 is 10.5 Å². The van der Waals surface area contributed by atoms with E-state index in [0.29, 0.717) is 18.5 Å². The molecule has 0 aliphatic heterocycles. The van der Waals surface area contributed by atoms with Crippen LogP contribution in [0.2, 0.25) is 0 Å². The summed E-state index contributed by atoms with van der Waals surface area (Å²) < 4.78 is 27.6. The molecule has 0 atom stereocenters. The number of nitrogen functional groups attached to an aromatic ring is 1. The van der Waals surface area contributed by atoms with Gasteiger partial charge in [0, 0.05) is 13.2 Å². The monoisotopic (exact) mass is 298 g/mol. The summed E-state index contributed by atoms with van der Waals surface area (Å²) in [6, 6.07) is 3.44. The number of sulfonamides is 1. The number of aliphatic hydroxyl groups excluding tert-OH is 1. The molecule has 1 aromatic carbocycles. The molecule has 0 spiro atoms. The second-order valence-electron chi connectivity index (χ2n) is 5.72. The first-order chi connectivity index (χ1) is 9.31. The van der Waals surface area contributed by atoms with E-state index in [1.54, 1.807) is 13.0 Å². The van der Waals surface area contributed by atoms with E-state index in [1.807, 2.05) is 13.0 Å². The van der Waals surface area contributed by atoms with Crippen molar-refractivity contribution >= 4 is 15.7 Å². The molecule has 0 amide bonds. The summed E-state index contributed by atoms with van der Waals surface area (Å²) in [6.45, 7) is 4.08. The van der Waals surface area contributed by atoms with E-state index < -0.39 is 10.0 Å². The highest BCUT2D eigenvalue weighted by Crippen LogP contribution is 2.48. The molecule has 1 saturated carbocycles. The van der Waals surface area contributed by atoms with Crippen LogP contribution in [0.3, 0.4) is 0 Å². The normalized spacial score (nSPS) is 17.1. The van der Waals surface area contributed by atoms with Crippen molar-refractivity contribution in [2.24, 2.45) is 5.41 Å². The fraction of sp³-hybridized carbons (Fsp3) is 0.571. The fourth-order valence-electron chi connectivity index (χ4n) is 2.42. The third-order valence-electron chi connectivity index (χ3n) is 4.21. The lowest BCUT2D eigenvalue weighted by atomic mass is 10.0. The molecule has 1 aromatic rings. The molecule has 0 aromatic heterocycles. The molecular weight excluding hydrogens is 276 g/mol. The Bertz CT molecular complexity index is 607. The maximum atomic E-state index is 12.5. The van der Waals surface area contributed by atoms with Crippen LogP contribution in [0.25, 0.3) is 0 Å². The van der Waals surface area contributed by atoms with Crippen LogP contribution in [-0.2, 0) is 10.0 Å². The molecule has 6 heteroatoms. The summed E-state index contributed by atoms with van der Waals surface area (Å²) in [4.78, 5) is 0.178. The summed E-state index contributed by atoms with van der Waals surface area (Å²) >= 11 is 0. The van der Waals surface area contributed by atoms with Crippen LogP contribution >= 0.6 is 0 Å². The van der Waals surface area contributed by atoms with Crippen LogP contribution in [0.15, 0.2) is 17.0 Å². The summed E-state index contributed by atoms with van der Waals surface area (Å²) in [6.07, 6.45) is 2.55. The Kier molecular flexibility index (Phi) is 4.09. The highest BCUT2D eigenvalue weighted by molar-refractivity contribution is 7.89. The van der Waals surface area contributed by atoms with Gasteiger partial charge in [0.25, 0.3) is 0 Å². The topological polar surface area (TPSA) is 92.4 Å². The number of aryl methyl sites for hydroxylation is 1. The van der Waals surface area contributed by atoms with Crippen LogP contribution in [0.5, 0.6) is 0 Å². The predicted octanol–water partition coefficient (Wildman–Crippen LogP) is 1.33. The van der Waals surface area contributed by atoms with Crippen molar-refractivity contribution in [2.75, 3.05) is 18.9 Å². The van der Waals surface area contributed by atoms with Crippen molar-refractivity contribution in [3.63, 3.8) is 0 Å². The number of hydrogen-bond acceptors (Lipinski definition) is 4. The van der Waals surface area contributed by atoms with Gasteiger partial charge in [-0.2, -0.15) is 0 Å². The maximum absolute atomic E-state index is 12.5. The van der Waals surface area contributed by atoms with Crippen LogP contribution in [0.1, 0.15) is 30.4 Å². The first-order valence-corrected chi connectivity index (χ1v) is 8.26. The van der Waals surface area contributed by atoms with Crippen molar-refractivity contribution in [2.45, 2.75) is 38.0 Å². The van der Waals surface area contributed by atoms with Gasteiger partial charge in [-0.1, -0.05) is 6.07 Å². The van der Waals surface area contributed by atoms with Gasteiger partial charge < -0.3 is 10.8 Å². The highest BCUT2D eigenvalue weighted by atomic mass is 32.2. The van der Waals surface area contributed by atoms with E-state index in [0.717, 1.165) is 18.4 Å². The highest BCUT2D eigenvalue weighted by Gasteiger charge is 2.42. The SMILES string of the molecule is Cc1ccc(N)c(S(=O)(=O)NCC2(CCO)CC2)c1C. The number of nitrogens with one attached hydrogen (secondary N) is 1. The van der Waals surface area contributed by atoms with Crippen molar-refractivity contribution in [3.05, 3.63) is 23.3 Å². The second-order valence-corrected chi connectivity index (χ2v) is 7.43. The van der Waals surface area contributed by atoms with Crippen molar-refractivity contribution in [1.29, 1.82) is 0 Å². The number of hydrogen-bond donors (Lipinski definition) is 3. The average Bonchev–Trinajstić information content (AvgIpc) is 3.13. The van der Waals surface area contributed by atoms with Gasteiger partial charge in [-0.3, -0.25) is 0 Å². The Morgan fingerprint density at radius 3 is 2.55 bits per heavy atom. The molecule has 0 saturated heterocycles. The van der Waals surface area contributed by atoms with E-state index in [-0.39, 0.29) is 22.6 Å². The molecule has 1 fully saturated rings. The Hall–Kier alpha value is -1.11. The molecule has 112 valence electrons. The van der Waals surface area contributed by atoms with Crippen LogP contribution in [0, 0.1) is 19.3 Å². The Balaban J connectivity index is 2.21. The lowest BCUT2D eigenvalue weighted by Gasteiger charge is -2.17. The van der Waals surface area contributed by atoms with Gasteiger partial charge in [-0.15, -0.1) is 0 Å². The smallest absolute Gasteiger partial charge is 0.242 e. The Morgan fingerprint density at radius 1 is 1.35 bits per heavy atom. The summed E-state index contributed by atoms with van der Waals surface area (Å²) in [5, 5.41) is 9.02. The molecular formula is C14H22N2O3S. The fourth-order valence-corrected chi connectivity index (χ4v) is 4.00. The predicted molar refractivity (Wildman–Crippen MR) is 78.9 cm³/mol. The molecule has 2 rings (SSSR count). The van der Waals surface area contributed by atoms with Crippen molar-refractivity contribution < 1.29 is 13.5 Å².